The number of carbonyl (C=O) groups excluding carboxylic acids is 2. The van der Waals surface area contributed by atoms with Gasteiger partial charge in [0.1, 0.15) is 11.3 Å². The van der Waals surface area contributed by atoms with Crippen molar-refractivity contribution in [3.8, 4) is 0 Å². The van der Waals surface area contributed by atoms with Gasteiger partial charge in [-0.3, -0.25) is 4.79 Å². The second-order valence-corrected chi connectivity index (χ2v) is 5.89. The molecule has 0 aliphatic heterocycles. The van der Waals surface area contributed by atoms with Crippen molar-refractivity contribution in [2.45, 2.75) is 30.6 Å². The number of carbonyl (C=O) groups is 2. The zero-order valence-corrected chi connectivity index (χ0v) is 13.7. The van der Waals surface area contributed by atoms with E-state index >= 15 is 0 Å². The molecule has 24 heavy (non-hydrogen) atoms. The first-order chi connectivity index (χ1) is 11.4. The van der Waals surface area contributed by atoms with Gasteiger partial charge in [0.05, 0.1) is 6.26 Å². The standard InChI is InChI=1S/C16H15F2NO4S/c1-9-13(7-8-22-9)15(21)23-10(2)14(20)19-11-3-5-12(6-4-11)24-16(17)18/h3-8,10,16H,1-2H3,(H,19,20). The molecule has 0 fully saturated rings. The summed E-state index contributed by atoms with van der Waals surface area (Å²) in [5.74, 6) is -3.29. The predicted octanol–water partition coefficient (Wildman–Crippen LogP) is 4.09. The summed E-state index contributed by atoms with van der Waals surface area (Å²) in [6.45, 7) is 3.05. The number of amides is 1. The largest absolute Gasteiger partial charge is 0.469 e. The van der Waals surface area contributed by atoms with E-state index in [0.717, 1.165) is 0 Å². The van der Waals surface area contributed by atoms with E-state index in [-0.39, 0.29) is 5.56 Å². The number of esters is 1. The van der Waals surface area contributed by atoms with Gasteiger partial charge in [-0.25, -0.2) is 4.79 Å². The van der Waals surface area contributed by atoms with Crippen LogP contribution in [0, 0.1) is 6.92 Å². The minimum absolute atomic E-state index is 0.253. The van der Waals surface area contributed by atoms with Gasteiger partial charge in [0.2, 0.25) is 0 Å². The molecular weight excluding hydrogens is 340 g/mol. The number of hydrogen-bond acceptors (Lipinski definition) is 5. The van der Waals surface area contributed by atoms with Crippen LogP contribution in [0.1, 0.15) is 23.0 Å². The first-order valence-corrected chi connectivity index (χ1v) is 7.85. The molecule has 0 bridgehead atoms. The Balaban J connectivity index is 1.91. The van der Waals surface area contributed by atoms with Crippen molar-refractivity contribution in [3.05, 3.63) is 47.9 Å². The van der Waals surface area contributed by atoms with Gasteiger partial charge >= 0.3 is 5.97 Å². The smallest absolute Gasteiger partial charge is 0.342 e. The van der Waals surface area contributed by atoms with Crippen molar-refractivity contribution >= 4 is 29.3 Å². The molecule has 0 saturated heterocycles. The molecular formula is C16H15F2NO4S. The highest BCUT2D eigenvalue weighted by atomic mass is 32.2. The Hall–Kier alpha value is -2.35. The number of nitrogens with one attached hydrogen (secondary N) is 1. The number of thioether (sulfide) groups is 1. The van der Waals surface area contributed by atoms with E-state index in [4.69, 9.17) is 9.15 Å². The highest BCUT2D eigenvalue weighted by Crippen LogP contribution is 2.26. The summed E-state index contributed by atoms with van der Waals surface area (Å²) in [5.41, 5.74) is 0.670. The molecule has 0 radical (unpaired) electrons. The Morgan fingerprint density at radius 2 is 1.88 bits per heavy atom. The number of alkyl halides is 2. The lowest BCUT2D eigenvalue weighted by molar-refractivity contribution is -0.123. The third-order valence-corrected chi connectivity index (χ3v) is 3.80. The van der Waals surface area contributed by atoms with Crippen molar-refractivity contribution in [2.75, 3.05) is 5.32 Å². The van der Waals surface area contributed by atoms with Crippen molar-refractivity contribution in [2.24, 2.45) is 0 Å². The maximum absolute atomic E-state index is 12.2. The first-order valence-electron chi connectivity index (χ1n) is 6.97. The van der Waals surface area contributed by atoms with Crippen molar-refractivity contribution in [1.29, 1.82) is 0 Å². The number of hydrogen-bond donors (Lipinski definition) is 1. The third kappa shape index (κ3) is 4.82. The van der Waals surface area contributed by atoms with E-state index in [2.05, 4.69) is 5.32 Å². The van der Waals surface area contributed by atoms with Crippen LogP contribution >= 0.6 is 11.8 Å². The Morgan fingerprint density at radius 3 is 2.42 bits per heavy atom. The van der Waals surface area contributed by atoms with Crippen LogP contribution in [-0.2, 0) is 9.53 Å². The van der Waals surface area contributed by atoms with E-state index in [1.165, 1.54) is 43.5 Å². The Bertz CT molecular complexity index is 715. The van der Waals surface area contributed by atoms with E-state index in [9.17, 15) is 18.4 Å². The van der Waals surface area contributed by atoms with Crippen molar-refractivity contribution in [1.82, 2.24) is 0 Å². The Labute approximate surface area is 141 Å². The van der Waals surface area contributed by atoms with Crippen LogP contribution in [-0.4, -0.2) is 23.7 Å². The molecule has 5 nitrogen and oxygen atoms in total. The Morgan fingerprint density at radius 1 is 1.21 bits per heavy atom. The molecule has 1 aromatic carbocycles. The van der Waals surface area contributed by atoms with Crippen LogP contribution in [0.5, 0.6) is 0 Å². The fourth-order valence-electron chi connectivity index (χ4n) is 1.84. The van der Waals surface area contributed by atoms with Gasteiger partial charge in [-0.15, -0.1) is 0 Å². The molecule has 0 aliphatic rings. The summed E-state index contributed by atoms with van der Waals surface area (Å²) in [4.78, 5) is 24.3. The molecule has 1 atom stereocenters. The van der Waals surface area contributed by atoms with Crippen LogP contribution < -0.4 is 5.32 Å². The number of aryl methyl sites for hydroxylation is 1. The van der Waals surface area contributed by atoms with Crippen LogP contribution in [0.2, 0.25) is 0 Å². The zero-order valence-electron chi connectivity index (χ0n) is 12.9. The molecule has 128 valence electrons. The van der Waals surface area contributed by atoms with E-state index < -0.39 is 23.7 Å². The monoisotopic (exact) mass is 355 g/mol. The minimum Gasteiger partial charge on any atom is -0.469 e. The van der Waals surface area contributed by atoms with Gasteiger partial charge in [-0.1, -0.05) is 11.8 Å². The lowest BCUT2D eigenvalue weighted by atomic mass is 10.2. The highest BCUT2D eigenvalue weighted by Gasteiger charge is 2.21. The molecule has 0 spiro atoms. The SMILES string of the molecule is Cc1occc1C(=O)OC(C)C(=O)Nc1ccc(SC(F)F)cc1. The number of benzene rings is 1. The zero-order chi connectivity index (χ0) is 17.7. The van der Waals surface area contributed by atoms with Gasteiger partial charge in [-0.2, -0.15) is 8.78 Å². The second kappa shape index (κ2) is 7.96. The molecule has 0 saturated carbocycles. The van der Waals surface area contributed by atoms with Crippen LogP contribution in [0.25, 0.3) is 0 Å². The summed E-state index contributed by atoms with van der Waals surface area (Å²) in [5, 5.41) is 2.55. The molecule has 2 rings (SSSR count). The molecule has 1 aromatic heterocycles. The van der Waals surface area contributed by atoms with Gasteiger partial charge < -0.3 is 14.5 Å². The van der Waals surface area contributed by atoms with Crippen LogP contribution in [0.15, 0.2) is 45.9 Å². The summed E-state index contributed by atoms with van der Waals surface area (Å²) in [6, 6.07) is 7.40. The van der Waals surface area contributed by atoms with E-state index in [0.29, 0.717) is 28.1 Å². The normalized spacial score (nSPS) is 12.0. The number of halogens is 2. The highest BCUT2D eigenvalue weighted by molar-refractivity contribution is 7.99. The van der Waals surface area contributed by atoms with Crippen molar-refractivity contribution < 1.29 is 27.5 Å². The fraction of sp³-hybridized carbons (Fsp3) is 0.250. The number of anilines is 1. The third-order valence-electron chi connectivity index (χ3n) is 3.08. The van der Waals surface area contributed by atoms with Gasteiger partial charge in [0, 0.05) is 10.6 Å². The predicted molar refractivity (Wildman–Crippen MR) is 85.3 cm³/mol. The van der Waals surface area contributed by atoms with E-state index in [1.807, 2.05) is 0 Å². The Kier molecular flexibility index (Phi) is 5.97. The minimum atomic E-state index is -2.50. The molecule has 1 unspecified atom stereocenters. The summed E-state index contributed by atoms with van der Waals surface area (Å²) in [6.07, 6.45) is 0.331. The van der Waals surface area contributed by atoms with Crippen molar-refractivity contribution in [3.63, 3.8) is 0 Å². The quantitative estimate of drug-likeness (QED) is 0.624. The first kappa shape index (κ1) is 18.0. The van der Waals surface area contributed by atoms with Crippen LogP contribution in [0.3, 0.4) is 0 Å². The fourth-order valence-corrected chi connectivity index (χ4v) is 2.34. The number of rotatable bonds is 6. The molecule has 1 amide bonds. The van der Waals surface area contributed by atoms with Gasteiger partial charge in [0.15, 0.2) is 6.10 Å². The maximum atomic E-state index is 12.2. The number of furan rings is 1. The second-order valence-electron chi connectivity index (χ2n) is 4.83. The van der Waals surface area contributed by atoms with Gasteiger partial charge in [-0.05, 0) is 44.2 Å². The topological polar surface area (TPSA) is 68.5 Å². The molecule has 2 aromatic rings. The summed E-state index contributed by atoms with van der Waals surface area (Å²) < 4.78 is 34.6. The molecule has 8 heteroatoms. The maximum Gasteiger partial charge on any atom is 0.342 e. The molecule has 0 aliphatic carbocycles. The molecule has 1 heterocycles. The average molecular weight is 355 g/mol. The lowest BCUT2D eigenvalue weighted by Gasteiger charge is -2.13. The molecule has 1 N–H and O–H groups in total. The summed E-state index contributed by atoms with van der Waals surface area (Å²) >= 11 is 0.416. The number of ether oxygens (including phenoxy) is 1. The van der Waals surface area contributed by atoms with Gasteiger partial charge in [0.25, 0.3) is 11.7 Å². The average Bonchev–Trinajstić information content (AvgIpc) is 2.94. The van der Waals surface area contributed by atoms with Crippen LogP contribution in [0.4, 0.5) is 14.5 Å². The summed E-state index contributed by atoms with van der Waals surface area (Å²) in [7, 11) is 0. The lowest BCUT2D eigenvalue weighted by Crippen LogP contribution is -2.30. The van der Waals surface area contributed by atoms with E-state index in [1.54, 1.807) is 6.92 Å².